The summed E-state index contributed by atoms with van der Waals surface area (Å²) in [5.41, 5.74) is 0. The van der Waals surface area contributed by atoms with Gasteiger partial charge in [-0.05, 0) is 26.8 Å². The Morgan fingerprint density at radius 2 is 1.43 bits per heavy atom. The Labute approximate surface area is 132 Å². The van der Waals surface area contributed by atoms with Gasteiger partial charge in [-0.1, -0.05) is 64.7 Å². The molecule has 2 unspecified atom stereocenters. The second-order valence-corrected chi connectivity index (χ2v) is 6.72. The van der Waals surface area contributed by atoms with Crippen molar-refractivity contribution in [3.63, 3.8) is 0 Å². The van der Waals surface area contributed by atoms with Crippen molar-refractivity contribution in [2.75, 3.05) is 19.6 Å². The van der Waals surface area contributed by atoms with Crippen molar-refractivity contribution in [3.05, 3.63) is 0 Å². The molecule has 0 aliphatic carbocycles. The van der Waals surface area contributed by atoms with Crippen LogP contribution < -0.4 is 0 Å². The maximum absolute atomic E-state index is 9.69. The van der Waals surface area contributed by atoms with Gasteiger partial charge in [0.05, 0.1) is 6.17 Å². The highest BCUT2D eigenvalue weighted by Crippen LogP contribution is 2.17. The smallest absolute Gasteiger partial charge is 0.105 e. The van der Waals surface area contributed by atoms with Crippen LogP contribution in [0, 0.1) is 0 Å². The summed E-state index contributed by atoms with van der Waals surface area (Å²) in [5.74, 6) is 0. The zero-order chi connectivity index (χ0) is 15.5. The van der Waals surface area contributed by atoms with Crippen LogP contribution in [0.5, 0.6) is 0 Å². The number of rotatable bonds is 12. The minimum atomic E-state index is -0.308. The minimum absolute atomic E-state index is 0.308. The second kappa shape index (κ2) is 11.4. The highest BCUT2D eigenvalue weighted by molar-refractivity contribution is 4.79. The molecule has 1 heterocycles. The van der Waals surface area contributed by atoms with Crippen LogP contribution in [0.1, 0.15) is 85.0 Å². The van der Waals surface area contributed by atoms with E-state index < -0.39 is 0 Å². The lowest BCUT2D eigenvalue weighted by Crippen LogP contribution is -2.41. The molecule has 2 atom stereocenters. The first-order valence-electron chi connectivity index (χ1n) is 9.34. The zero-order valence-corrected chi connectivity index (χ0v) is 14.7. The molecular weight excluding hydrogens is 260 g/mol. The van der Waals surface area contributed by atoms with Crippen LogP contribution in [0.2, 0.25) is 0 Å². The van der Waals surface area contributed by atoms with Crippen molar-refractivity contribution in [3.8, 4) is 0 Å². The lowest BCUT2D eigenvalue weighted by molar-refractivity contribution is -0.00971. The van der Waals surface area contributed by atoms with Gasteiger partial charge in [0.15, 0.2) is 0 Å². The molecule has 1 fully saturated rings. The number of nitrogens with zero attached hydrogens (tertiary/aromatic N) is 2. The second-order valence-electron chi connectivity index (χ2n) is 6.72. The van der Waals surface area contributed by atoms with E-state index in [9.17, 15) is 5.11 Å². The number of hydrogen-bond donors (Lipinski definition) is 1. The van der Waals surface area contributed by atoms with Crippen molar-refractivity contribution in [2.24, 2.45) is 0 Å². The standard InChI is InChI=1S/C18H38N2O/c1-4-5-6-7-8-9-10-11-12-13-14-19-15-16-20(17(19)2)18(3)21/h17-18,21H,4-16H2,1-3H3. The number of unbranched alkanes of at least 4 members (excludes halogenated alkanes) is 9. The summed E-state index contributed by atoms with van der Waals surface area (Å²) in [6.07, 6.45) is 14.1. The third kappa shape index (κ3) is 7.62. The molecule has 126 valence electrons. The SMILES string of the molecule is CCCCCCCCCCCCN1CCN(C(C)O)C1C. The van der Waals surface area contributed by atoms with Crippen LogP contribution in [0.25, 0.3) is 0 Å². The fourth-order valence-corrected chi connectivity index (χ4v) is 3.43. The summed E-state index contributed by atoms with van der Waals surface area (Å²) >= 11 is 0. The van der Waals surface area contributed by atoms with E-state index in [1.165, 1.54) is 70.8 Å². The number of hydrogen-bond acceptors (Lipinski definition) is 3. The van der Waals surface area contributed by atoms with E-state index in [1.54, 1.807) is 0 Å². The lowest BCUT2D eigenvalue weighted by atomic mass is 10.1. The first-order valence-corrected chi connectivity index (χ1v) is 9.34. The molecule has 0 aromatic carbocycles. The molecule has 1 N–H and O–H groups in total. The van der Waals surface area contributed by atoms with Crippen LogP contribution in [-0.4, -0.2) is 46.9 Å². The van der Waals surface area contributed by atoms with Gasteiger partial charge in [-0.15, -0.1) is 0 Å². The van der Waals surface area contributed by atoms with Crippen LogP contribution in [0.15, 0.2) is 0 Å². The monoisotopic (exact) mass is 298 g/mol. The molecule has 1 aliphatic rings. The van der Waals surface area contributed by atoms with Crippen molar-refractivity contribution in [1.82, 2.24) is 9.80 Å². The Balaban J connectivity index is 1.91. The van der Waals surface area contributed by atoms with E-state index in [0.717, 1.165) is 13.1 Å². The van der Waals surface area contributed by atoms with Crippen molar-refractivity contribution < 1.29 is 5.11 Å². The van der Waals surface area contributed by atoms with Gasteiger partial charge in [-0.3, -0.25) is 9.80 Å². The van der Waals surface area contributed by atoms with E-state index in [-0.39, 0.29) is 6.23 Å². The van der Waals surface area contributed by atoms with Crippen molar-refractivity contribution >= 4 is 0 Å². The molecule has 1 saturated heterocycles. The zero-order valence-electron chi connectivity index (χ0n) is 14.7. The van der Waals surface area contributed by atoms with Gasteiger partial charge in [0, 0.05) is 13.1 Å². The lowest BCUT2D eigenvalue weighted by Gasteiger charge is -2.28. The summed E-state index contributed by atoms with van der Waals surface area (Å²) in [6, 6.07) is 0. The fraction of sp³-hybridized carbons (Fsp3) is 1.00. The molecule has 0 spiro atoms. The predicted molar refractivity (Wildman–Crippen MR) is 91.3 cm³/mol. The summed E-state index contributed by atoms with van der Waals surface area (Å²) in [6.45, 7) is 9.69. The van der Waals surface area contributed by atoms with Crippen LogP contribution in [0.4, 0.5) is 0 Å². The van der Waals surface area contributed by atoms with Crippen LogP contribution >= 0.6 is 0 Å². The predicted octanol–water partition coefficient (Wildman–Crippen LogP) is 4.21. The van der Waals surface area contributed by atoms with Gasteiger partial charge < -0.3 is 5.11 Å². The highest BCUT2D eigenvalue weighted by atomic mass is 16.3. The van der Waals surface area contributed by atoms with Gasteiger partial charge in [0.1, 0.15) is 6.23 Å². The molecule has 1 rings (SSSR count). The van der Waals surface area contributed by atoms with E-state index >= 15 is 0 Å². The molecular formula is C18H38N2O. The normalized spacial score (nSPS) is 22.0. The minimum Gasteiger partial charge on any atom is -0.379 e. The Hall–Kier alpha value is -0.120. The van der Waals surface area contributed by atoms with Gasteiger partial charge in [0.2, 0.25) is 0 Å². The average molecular weight is 299 g/mol. The topological polar surface area (TPSA) is 26.7 Å². The molecule has 0 aromatic rings. The Morgan fingerprint density at radius 1 is 0.905 bits per heavy atom. The first-order chi connectivity index (χ1) is 10.2. The average Bonchev–Trinajstić information content (AvgIpc) is 2.82. The van der Waals surface area contributed by atoms with E-state index in [4.69, 9.17) is 0 Å². The molecule has 0 saturated carbocycles. The van der Waals surface area contributed by atoms with Gasteiger partial charge >= 0.3 is 0 Å². The van der Waals surface area contributed by atoms with Crippen LogP contribution in [0.3, 0.4) is 0 Å². The summed E-state index contributed by atoms with van der Waals surface area (Å²) in [4.78, 5) is 4.69. The Bertz CT molecular complexity index is 245. The van der Waals surface area contributed by atoms with E-state index in [1.807, 2.05) is 6.92 Å². The third-order valence-electron chi connectivity index (χ3n) is 4.93. The fourth-order valence-electron chi connectivity index (χ4n) is 3.43. The summed E-state index contributed by atoms with van der Waals surface area (Å²) in [5, 5.41) is 9.69. The first kappa shape index (κ1) is 18.9. The van der Waals surface area contributed by atoms with E-state index in [2.05, 4.69) is 23.6 Å². The molecule has 3 nitrogen and oxygen atoms in total. The molecule has 1 aliphatic heterocycles. The maximum atomic E-state index is 9.69. The van der Waals surface area contributed by atoms with Gasteiger partial charge in [-0.2, -0.15) is 0 Å². The quantitative estimate of drug-likeness (QED) is 0.547. The van der Waals surface area contributed by atoms with Crippen molar-refractivity contribution in [1.29, 1.82) is 0 Å². The number of aliphatic hydroxyl groups excluding tert-OH is 1. The van der Waals surface area contributed by atoms with Gasteiger partial charge in [0.25, 0.3) is 0 Å². The summed E-state index contributed by atoms with van der Waals surface area (Å²) < 4.78 is 0. The maximum Gasteiger partial charge on any atom is 0.105 e. The summed E-state index contributed by atoms with van der Waals surface area (Å²) in [7, 11) is 0. The Morgan fingerprint density at radius 3 is 1.90 bits per heavy atom. The van der Waals surface area contributed by atoms with Crippen LogP contribution in [-0.2, 0) is 0 Å². The Kier molecular flexibility index (Phi) is 10.3. The molecule has 0 radical (unpaired) electrons. The molecule has 0 bridgehead atoms. The largest absolute Gasteiger partial charge is 0.379 e. The molecule has 3 heteroatoms. The third-order valence-corrected chi connectivity index (χ3v) is 4.93. The van der Waals surface area contributed by atoms with Gasteiger partial charge in [-0.25, -0.2) is 0 Å². The molecule has 0 aromatic heterocycles. The molecule has 21 heavy (non-hydrogen) atoms. The highest BCUT2D eigenvalue weighted by Gasteiger charge is 2.29. The number of aliphatic hydroxyl groups is 1. The van der Waals surface area contributed by atoms with Crippen molar-refractivity contribution in [2.45, 2.75) is 97.4 Å². The molecule has 0 amide bonds. The van der Waals surface area contributed by atoms with E-state index in [0.29, 0.717) is 6.17 Å².